The zero-order valence-corrected chi connectivity index (χ0v) is 13.5. The summed E-state index contributed by atoms with van der Waals surface area (Å²) in [7, 11) is 0. The Labute approximate surface area is 135 Å². The summed E-state index contributed by atoms with van der Waals surface area (Å²) in [5.41, 5.74) is 0.745. The van der Waals surface area contributed by atoms with Crippen molar-refractivity contribution >= 4 is 40.0 Å². The third kappa shape index (κ3) is 4.35. The minimum atomic E-state index is -0.380. The first-order valence-electron chi connectivity index (χ1n) is 6.44. The number of nitrogens with zero attached hydrogens (tertiary/aromatic N) is 2. The molecule has 0 radical (unpaired) electrons. The molecule has 0 saturated carbocycles. The maximum absolute atomic E-state index is 13.0. The van der Waals surface area contributed by atoms with Gasteiger partial charge in [0.05, 0.1) is 5.69 Å². The van der Waals surface area contributed by atoms with Crippen molar-refractivity contribution in [3.8, 4) is 0 Å². The number of carbonyl (C=O) groups excluding carboxylic acids is 1. The van der Waals surface area contributed by atoms with E-state index in [2.05, 4.69) is 20.8 Å². The van der Waals surface area contributed by atoms with E-state index in [1.165, 1.54) is 18.2 Å². The Balaban J connectivity index is 2.06. The number of halogens is 2. The van der Waals surface area contributed by atoms with Crippen LogP contribution >= 0.6 is 22.6 Å². The predicted molar refractivity (Wildman–Crippen MR) is 87.9 cm³/mol. The molecular weight excluding hydrogens is 386 g/mol. The first kappa shape index (κ1) is 15.6. The van der Waals surface area contributed by atoms with Gasteiger partial charge in [-0.1, -0.05) is 6.92 Å². The van der Waals surface area contributed by atoms with Gasteiger partial charge < -0.3 is 10.6 Å². The van der Waals surface area contributed by atoms with Gasteiger partial charge in [0.15, 0.2) is 5.69 Å². The van der Waals surface area contributed by atoms with Crippen molar-refractivity contribution in [3.05, 3.63) is 45.4 Å². The molecule has 2 rings (SSSR count). The molecule has 0 atom stereocenters. The maximum Gasteiger partial charge on any atom is 0.276 e. The quantitative estimate of drug-likeness (QED) is 0.757. The van der Waals surface area contributed by atoms with Crippen LogP contribution < -0.4 is 10.6 Å². The molecule has 110 valence electrons. The molecule has 0 aliphatic rings. The van der Waals surface area contributed by atoms with Gasteiger partial charge in [-0.2, -0.15) is 0 Å². The molecule has 2 N–H and O–H groups in total. The van der Waals surface area contributed by atoms with Gasteiger partial charge in [-0.15, -0.1) is 10.2 Å². The number of aromatic nitrogens is 2. The molecule has 0 spiro atoms. The third-order valence-electron chi connectivity index (χ3n) is 2.63. The zero-order chi connectivity index (χ0) is 15.2. The monoisotopic (exact) mass is 400 g/mol. The van der Waals surface area contributed by atoms with E-state index in [9.17, 15) is 9.18 Å². The van der Waals surface area contributed by atoms with E-state index in [1.54, 1.807) is 12.1 Å². The highest BCUT2D eigenvalue weighted by molar-refractivity contribution is 14.1. The molecule has 0 unspecified atom stereocenters. The summed E-state index contributed by atoms with van der Waals surface area (Å²) in [5.74, 6) is -0.0950. The van der Waals surface area contributed by atoms with Crippen LogP contribution in [0.5, 0.6) is 0 Å². The Morgan fingerprint density at radius 1 is 1.29 bits per heavy atom. The van der Waals surface area contributed by atoms with E-state index in [4.69, 9.17) is 0 Å². The largest absolute Gasteiger partial charge is 0.369 e. The Morgan fingerprint density at radius 3 is 2.71 bits per heavy atom. The Morgan fingerprint density at radius 2 is 2.10 bits per heavy atom. The van der Waals surface area contributed by atoms with Crippen LogP contribution in [0, 0.1) is 9.39 Å². The van der Waals surface area contributed by atoms with Crippen molar-refractivity contribution in [3.63, 3.8) is 0 Å². The molecule has 0 bridgehead atoms. The van der Waals surface area contributed by atoms with Crippen molar-refractivity contribution in [1.29, 1.82) is 0 Å². The number of carbonyl (C=O) groups is 1. The van der Waals surface area contributed by atoms with Crippen LogP contribution in [0.1, 0.15) is 23.8 Å². The summed E-state index contributed by atoms with van der Waals surface area (Å²) >= 11 is 1.96. The first-order chi connectivity index (χ1) is 10.1. The van der Waals surface area contributed by atoms with Gasteiger partial charge in [0.25, 0.3) is 5.91 Å². The lowest BCUT2D eigenvalue weighted by molar-refractivity contribution is 0.102. The molecule has 1 aromatic carbocycles. The van der Waals surface area contributed by atoms with Gasteiger partial charge >= 0.3 is 0 Å². The summed E-state index contributed by atoms with van der Waals surface area (Å²) in [4.78, 5) is 12.0. The Bertz CT molecular complexity index is 633. The highest BCUT2D eigenvalue weighted by Gasteiger charge is 2.11. The topological polar surface area (TPSA) is 66.9 Å². The van der Waals surface area contributed by atoms with Crippen LogP contribution in [0.4, 0.5) is 15.9 Å². The lowest BCUT2D eigenvalue weighted by Gasteiger charge is -2.07. The smallest absolute Gasteiger partial charge is 0.276 e. The molecule has 7 heteroatoms. The standard InChI is InChI=1S/C14H14FIN4O/c1-2-7-17-13-6-5-12(19-20-13)14(21)18-11-4-3-9(15)8-10(11)16/h3-6,8H,2,7H2,1H3,(H,17,20)(H,18,21). The minimum absolute atomic E-state index is 0.206. The van der Waals surface area contributed by atoms with Crippen LogP contribution in [-0.4, -0.2) is 22.6 Å². The zero-order valence-electron chi connectivity index (χ0n) is 11.4. The lowest BCUT2D eigenvalue weighted by atomic mass is 10.3. The van der Waals surface area contributed by atoms with E-state index in [1.807, 2.05) is 29.5 Å². The van der Waals surface area contributed by atoms with E-state index in [-0.39, 0.29) is 17.4 Å². The van der Waals surface area contributed by atoms with Crippen molar-refractivity contribution < 1.29 is 9.18 Å². The maximum atomic E-state index is 13.0. The highest BCUT2D eigenvalue weighted by atomic mass is 127. The van der Waals surface area contributed by atoms with Crippen molar-refractivity contribution in [2.24, 2.45) is 0 Å². The summed E-state index contributed by atoms with van der Waals surface area (Å²) < 4.78 is 13.6. The van der Waals surface area contributed by atoms with Crippen molar-refractivity contribution in [2.75, 3.05) is 17.2 Å². The minimum Gasteiger partial charge on any atom is -0.369 e. The molecule has 0 fully saturated rings. The van der Waals surface area contributed by atoms with Gasteiger partial charge in [-0.05, 0) is 59.3 Å². The van der Waals surface area contributed by atoms with Crippen LogP contribution in [-0.2, 0) is 0 Å². The fourth-order valence-corrected chi connectivity index (χ4v) is 2.19. The van der Waals surface area contributed by atoms with Gasteiger partial charge in [0, 0.05) is 10.1 Å². The second-order valence-corrected chi connectivity index (χ2v) is 5.47. The van der Waals surface area contributed by atoms with E-state index < -0.39 is 0 Å². The molecule has 2 aromatic rings. The summed E-state index contributed by atoms with van der Waals surface area (Å²) in [6.07, 6.45) is 0.979. The van der Waals surface area contributed by atoms with Gasteiger partial charge in [0.2, 0.25) is 0 Å². The molecule has 0 saturated heterocycles. The summed E-state index contributed by atoms with van der Waals surface area (Å²) in [6.45, 7) is 2.85. The van der Waals surface area contributed by atoms with Gasteiger partial charge in [0.1, 0.15) is 11.6 Å². The highest BCUT2D eigenvalue weighted by Crippen LogP contribution is 2.19. The molecule has 0 aliphatic carbocycles. The predicted octanol–water partition coefficient (Wildman–Crippen LogP) is 3.29. The van der Waals surface area contributed by atoms with E-state index in [0.29, 0.717) is 15.1 Å². The number of hydrogen-bond acceptors (Lipinski definition) is 4. The summed E-state index contributed by atoms with van der Waals surface area (Å²) in [5, 5.41) is 13.6. The fourth-order valence-electron chi connectivity index (χ4n) is 1.58. The van der Waals surface area contributed by atoms with E-state index in [0.717, 1.165) is 13.0 Å². The third-order valence-corrected chi connectivity index (χ3v) is 3.53. The average Bonchev–Trinajstić information content (AvgIpc) is 2.48. The molecular formula is C14H14FIN4O. The van der Waals surface area contributed by atoms with Crippen LogP contribution in [0.3, 0.4) is 0 Å². The molecule has 0 aliphatic heterocycles. The number of rotatable bonds is 5. The van der Waals surface area contributed by atoms with E-state index >= 15 is 0 Å². The van der Waals surface area contributed by atoms with Crippen molar-refractivity contribution in [1.82, 2.24) is 10.2 Å². The molecule has 5 nitrogen and oxygen atoms in total. The molecule has 21 heavy (non-hydrogen) atoms. The van der Waals surface area contributed by atoms with Crippen LogP contribution in [0.2, 0.25) is 0 Å². The molecule has 1 amide bonds. The SMILES string of the molecule is CCCNc1ccc(C(=O)Nc2ccc(F)cc2I)nn1. The molecule has 1 aromatic heterocycles. The Hall–Kier alpha value is -1.77. The van der Waals surface area contributed by atoms with Crippen molar-refractivity contribution in [2.45, 2.75) is 13.3 Å². The Kier molecular flexibility index (Phi) is 5.43. The average molecular weight is 400 g/mol. The molecule has 1 heterocycles. The number of amides is 1. The van der Waals surface area contributed by atoms with Crippen LogP contribution in [0.25, 0.3) is 0 Å². The number of hydrogen-bond donors (Lipinski definition) is 2. The van der Waals surface area contributed by atoms with Gasteiger partial charge in [-0.3, -0.25) is 4.79 Å². The second kappa shape index (κ2) is 7.30. The van der Waals surface area contributed by atoms with Crippen LogP contribution in [0.15, 0.2) is 30.3 Å². The normalized spacial score (nSPS) is 10.2. The number of nitrogens with one attached hydrogen (secondary N) is 2. The number of anilines is 2. The fraction of sp³-hybridized carbons (Fsp3) is 0.214. The second-order valence-electron chi connectivity index (χ2n) is 4.31. The summed E-state index contributed by atoms with van der Waals surface area (Å²) in [6, 6.07) is 7.45. The lowest BCUT2D eigenvalue weighted by Crippen LogP contribution is -2.15. The van der Waals surface area contributed by atoms with Gasteiger partial charge in [-0.25, -0.2) is 4.39 Å². The first-order valence-corrected chi connectivity index (χ1v) is 7.52. The number of benzene rings is 1.